The SMILES string of the molecule is O=[N+]([O-])c1ccc(CCC(O)c2ccc(Cl)c(Cl)c2)cc1O.O=[N+]([O-])c1ccc(CCCc2ccc(Cl)c(Cl)c2)cc1O. The van der Waals surface area contributed by atoms with Gasteiger partial charge in [-0.3, -0.25) is 20.2 Å². The van der Waals surface area contributed by atoms with Gasteiger partial charge in [-0.1, -0.05) is 70.7 Å². The van der Waals surface area contributed by atoms with Crippen LogP contribution in [-0.4, -0.2) is 25.2 Å². The second-order valence-electron chi connectivity index (χ2n) is 9.49. The highest BCUT2D eigenvalue weighted by molar-refractivity contribution is 6.42. The van der Waals surface area contributed by atoms with E-state index in [2.05, 4.69) is 0 Å². The minimum atomic E-state index is -0.743. The molecule has 9 nitrogen and oxygen atoms in total. The highest BCUT2D eigenvalue weighted by atomic mass is 35.5. The lowest BCUT2D eigenvalue weighted by molar-refractivity contribution is -0.386. The first-order valence-electron chi connectivity index (χ1n) is 12.8. The summed E-state index contributed by atoms with van der Waals surface area (Å²) < 4.78 is 0. The number of aromatic hydroxyl groups is 2. The Labute approximate surface area is 267 Å². The Bertz CT molecular complexity index is 1620. The quantitative estimate of drug-likeness (QED) is 0.113. The van der Waals surface area contributed by atoms with Gasteiger partial charge in [0.05, 0.1) is 36.0 Å². The summed E-state index contributed by atoms with van der Waals surface area (Å²) in [5.74, 6) is -0.682. The van der Waals surface area contributed by atoms with E-state index in [4.69, 9.17) is 46.4 Å². The molecule has 0 aliphatic heterocycles. The highest BCUT2D eigenvalue weighted by Crippen LogP contribution is 2.30. The molecule has 1 atom stereocenters. The predicted molar refractivity (Wildman–Crippen MR) is 168 cm³/mol. The zero-order valence-corrected chi connectivity index (χ0v) is 25.4. The molecule has 0 radical (unpaired) electrons. The van der Waals surface area contributed by atoms with Gasteiger partial charge in [-0.25, -0.2) is 0 Å². The molecule has 4 rings (SSSR count). The fraction of sp³-hybridized carbons (Fsp3) is 0.200. The molecule has 0 saturated carbocycles. The molecule has 226 valence electrons. The predicted octanol–water partition coefficient (Wildman–Crippen LogP) is 9.06. The molecule has 0 fully saturated rings. The number of nitro benzene ring substituents is 2. The van der Waals surface area contributed by atoms with Crippen molar-refractivity contribution in [3.05, 3.63) is 135 Å². The average molecular weight is 668 g/mol. The van der Waals surface area contributed by atoms with Gasteiger partial charge in [0, 0.05) is 12.1 Å². The van der Waals surface area contributed by atoms with E-state index in [0.29, 0.717) is 50.5 Å². The Morgan fingerprint density at radius 2 is 1.05 bits per heavy atom. The second-order valence-corrected chi connectivity index (χ2v) is 11.1. The molecule has 4 aromatic rings. The Balaban J connectivity index is 0.000000236. The van der Waals surface area contributed by atoms with Gasteiger partial charge < -0.3 is 15.3 Å². The van der Waals surface area contributed by atoms with Gasteiger partial charge in [0.25, 0.3) is 0 Å². The molecule has 0 aliphatic rings. The van der Waals surface area contributed by atoms with Crippen LogP contribution in [0.4, 0.5) is 11.4 Å². The molecule has 0 saturated heterocycles. The standard InChI is InChI=1S/C15H13Cl2NO4.C15H13Cl2NO3/c16-11-4-3-10(8-12(11)17)14(19)6-2-9-1-5-13(18(21)22)15(20)7-9;16-12-6-4-10(8-13(12)17)2-1-3-11-5-7-14(18(20)21)15(19)9-11/h1,3-5,7-8,14,19-20H,2,6H2;4-9,19H,1-3H2. The number of phenols is 2. The first kappa shape index (κ1) is 33.9. The van der Waals surface area contributed by atoms with Crippen molar-refractivity contribution in [1.29, 1.82) is 0 Å². The lowest BCUT2D eigenvalue weighted by Gasteiger charge is -2.12. The molecule has 0 bridgehead atoms. The highest BCUT2D eigenvalue weighted by Gasteiger charge is 2.15. The van der Waals surface area contributed by atoms with E-state index in [0.717, 1.165) is 24.0 Å². The van der Waals surface area contributed by atoms with Gasteiger partial charge in [0.15, 0.2) is 11.5 Å². The van der Waals surface area contributed by atoms with Gasteiger partial charge in [-0.2, -0.15) is 0 Å². The Morgan fingerprint density at radius 3 is 1.51 bits per heavy atom. The number of nitrogens with zero attached hydrogens (tertiary/aromatic N) is 2. The van der Waals surface area contributed by atoms with E-state index in [1.54, 1.807) is 36.4 Å². The van der Waals surface area contributed by atoms with E-state index >= 15 is 0 Å². The molecule has 13 heteroatoms. The number of nitro groups is 2. The Morgan fingerprint density at radius 1 is 0.605 bits per heavy atom. The Kier molecular flexibility index (Phi) is 12.4. The molecule has 43 heavy (non-hydrogen) atoms. The third-order valence-corrected chi connectivity index (χ3v) is 7.90. The fourth-order valence-electron chi connectivity index (χ4n) is 4.14. The molecule has 3 N–H and O–H groups in total. The molecule has 1 unspecified atom stereocenters. The first-order valence-corrected chi connectivity index (χ1v) is 14.4. The number of hydrogen-bond acceptors (Lipinski definition) is 7. The van der Waals surface area contributed by atoms with Crippen molar-refractivity contribution in [2.45, 2.75) is 38.2 Å². The van der Waals surface area contributed by atoms with Gasteiger partial charge >= 0.3 is 11.4 Å². The molecule has 0 aliphatic carbocycles. The van der Waals surface area contributed by atoms with Crippen molar-refractivity contribution in [3.8, 4) is 11.5 Å². The normalized spacial score (nSPS) is 11.4. The zero-order valence-electron chi connectivity index (χ0n) is 22.4. The van der Waals surface area contributed by atoms with Crippen molar-refractivity contribution in [2.75, 3.05) is 0 Å². The number of halogens is 4. The van der Waals surface area contributed by atoms with Crippen LogP contribution in [0.1, 0.15) is 41.2 Å². The zero-order chi connectivity index (χ0) is 31.7. The van der Waals surface area contributed by atoms with Gasteiger partial charge in [0.2, 0.25) is 0 Å². The van der Waals surface area contributed by atoms with Crippen LogP contribution in [0.5, 0.6) is 11.5 Å². The van der Waals surface area contributed by atoms with Crippen molar-refractivity contribution in [2.24, 2.45) is 0 Å². The number of aryl methyl sites for hydroxylation is 3. The summed E-state index contributed by atoms with van der Waals surface area (Å²) >= 11 is 23.5. The van der Waals surface area contributed by atoms with Crippen molar-refractivity contribution in [1.82, 2.24) is 0 Å². The maximum absolute atomic E-state index is 10.6. The second kappa shape index (κ2) is 15.7. The molecule has 4 aromatic carbocycles. The van der Waals surface area contributed by atoms with Gasteiger partial charge in [-0.15, -0.1) is 0 Å². The summed E-state index contributed by atoms with van der Waals surface area (Å²) in [6.07, 6.45) is 2.46. The topological polar surface area (TPSA) is 147 Å². The van der Waals surface area contributed by atoms with Crippen molar-refractivity contribution in [3.63, 3.8) is 0 Å². The summed E-state index contributed by atoms with van der Waals surface area (Å²) in [6, 6.07) is 19.0. The van der Waals surface area contributed by atoms with Crippen LogP contribution < -0.4 is 0 Å². The third kappa shape index (κ3) is 9.98. The number of aliphatic hydroxyl groups excluding tert-OH is 1. The van der Waals surface area contributed by atoms with Crippen LogP contribution in [-0.2, 0) is 19.3 Å². The lowest BCUT2D eigenvalue weighted by atomic mass is 10.0. The van der Waals surface area contributed by atoms with E-state index in [-0.39, 0.29) is 22.9 Å². The maximum Gasteiger partial charge on any atom is 0.310 e. The molecule has 0 spiro atoms. The van der Waals surface area contributed by atoms with Gasteiger partial charge in [0.1, 0.15) is 0 Å². The smallest absolute Gasteiger partial charge is 0.310 e. The van der Waals surface area contributed by atoms with Crippen LogP contribution in [0.25, 0.3) is 0 Å². The molecule has 0 heterocycles. The summed E-state index contributed by atoms with van der Waals surface area (Å²) in [5.41, 5.74) is 2.66. The van der Waals surface area contributed by atoms with Crippen LogP contribution in [0.3, 0.4) is 0 Å². The van der Waals surface area contributed by atoms with E-state index in [1.807, 2.05) is 12.1 Å². The minimum absolute atomic E-state index is 0.275. The van der Waals surface area contributed by atoms with E-state index in [9.17, 15) is 35.5 Å². The summed E-state index contributed by atoms with van der Waals surface area (Å²) in [6.45, 7) is 0. The molecular weight excluding hydrogens is 642 g/mol. The number of rotatable bonds is 10. The molecular formula is C30H26Cl4N2O7. The Hall–Kier alpha value is -3.60. The van der Waals surface area contributed by atoms with Crippen LogP contribution in [0, 0.1) is 20.2 Å². The fourth-order valence-corrected chi connectivity index (χ4v) is 4.77. The maximum atomic E-state index is 10.6. The number of aliphatic hydroxyl groups is 1. The van der Waals surface area contributed by atoms with Crippen molar-refractivity contribution < 1.29 is 25.2 Å². The van der Waals surface area contributed by atoms with Gasteiger partial charge in [-0.05, 0) is 90.8 Å². The number of phenolic OH excluding ortho intramolecular Hbond substituents is 2. The number of benzene rings is 4. The van der Waals surface area contributed by atoms with Crippen LogP contribution in [0.15, 0.2) is 72.8 Å². The number of hydrogen-bond donors (Lipinski definition) is 3. The monoisotopic (exact) mass is 666 g/mol. The summed E-state index contributed by atoms with van der Waals surface area (Å²) in [5, 5.41) is 52.4. The summed E-state index contributed by atoms with van der Waals surface area (Å²) in [7, 11) is 0. The molecule has 0 amide bonds. The van der Waals surface area contributed by atoms with Crippen LogP contribution in [0.2, 0.25) is 20.1 Å². The largest absolute Gasteiger partial charge is 0.502 e. The van der Waals surface area contributed by atoms with Crippen molar-refractivity contribution >= 4 is 57.8 Å². The van der Waals surface area contributed by atoms with Crippen LogP contribution >= 0.6 is 46.4 Å². The lowest BCUT2D eigenvalue weighted by Crippen LogP contribution is -2.00. The first-order chi connectivity index (χ1) is 20.3. The van der Waals surface area contributed by atoms with E-state index < -0.39 is 16.0 Å². The summed E-state index contributed by atoms with van der Waals surface area (Å²) in [4.78, 5) is 20.0. The van der Waals surface area contributed by atoms with E-state index in [1.165, 1.54) is 24.3 Å². The average Bonchev–Trinajstić information content (AvgIpc) is 2.95. The molecule has 0 aromatic heterocycles. The minimum Gasteiger partial charge on any atom is -0.502 e. The third-order valence-electron chi connectivity index (χ3n) is 6.42.